The number of hydrogen-bond donors (Lipinski definition) is 0. The van der Waals surface area contributed by atoms with Gasteiger partial charge in [-0.05, 0) is 108 Å². The fourth-order valence-corrected chi connectivity index (χ4v) is 6.93. The van der Waals surface area contributed by atoms with Crippen LogP contribution in [-0.4, -0.2) is 0 Å². The van der Waals surface area contributed by atoms with Gasteiger partial charge in [-0.1, -0.05) is 86.0 Å². The Morgan fingerprint density at radius 3 is 1.16 bits per heavy atom. The van der Waals surface area contributed by atoms with Gasteiger partial charge in [0.1, 0.15) is 22.3 Å². The van der Waals surface area contributed by atoms with E-state index in [1.54, 1.807) is 0 Å². The maximum atomic E-state index is 6.17. The van der Waals surface area contributed by atoms with E-state index in [-0.39, 0.29) is 0 Å². The van der Waals surface area contributed by atoms with Crippen LogP contribution in [0.15, 0.2) is 180 Å². The minimum Gasteiger partial charge on any atom is -0.456 e. The van der Waals surface area contributed by atoms with Gasteiger partial charge in [0.15, 0.2) is 0 Å². The van der Waals surface area contributed by atoms with Crippen LogP contribution >= 0.6 is 0 Å². The van der Waals surface area contributed by atoms with Crippen LogP contribution in [0, 0.1) is 0 Å². The molecule has 4 nitrogen and oxygen atoms in total. The SMILES string of the molecule is C=Cc1cccc(N(c2ccc(N(c3cccc(C=C)c3)c3ccc4oc5ccccc5c4c3)cc2)c2ccc3oc4ccccc4c3c2)c1. The van der Waals surface area contributed by atoms with Crippen LogP contribution in [0.3, 0.4) is 0 Å². The fraction of sp³-hybridized carbons (Fsp3) is 0. The van der Waals surface area contributed by atoms with E-state index in [1.165, 1.54) is 0 Å². The van der Waals surface area contributed by atoms with Crippen LogP contribution in [-0.2, 0) is 0 Å². The molecule has 0 radical (unpaired) electrons. The van der Waals surface area contributed by atoms with Gasteiger partial charge in [-0.25, -0.2) is 0 Å². The Balaban J connectivity index is 1.19. The fourth-order valence-electron chi connectivity index (χ4n) is 6.93. The monoisotopic (exact) mass is 644 g/mol. The summed E-state index contributed by atoms with van der Waals surface area (Å²) in [4.78, 5) is 4.56. The van der Waals surface area contributed by atoms with E-state index >= 15 is 0 Å². The molecule has 9 rings (SSSR count). The third-order valence-electron chi connectivity index (χ3n) is 9.33. The Morgan fingerprint density at radius 1 is 0.340 bits per heavy atom. The molecule has 238 valence electrons. The number of rotatable bonds is 8. The predicted octanol–water partition coefficient (Wildman–Crippen LogP) is 13.7. The maximum absolute atomic E-state index is 6.17. The van der Waals surface area contributed by atoms with Gasteiger partial charge in [-0.2, -0.15) is 0 Å². The summed E-state index contributed by atoms with van der Waals surface area (Å²) < 4.78 is 12.3. The lowest BCUT2D eigenvalue weighted by molar-refractivity contribution is 0.668. The highest BCUT2D eigenvalue weighted by atomic mass is 16.3. The molecule has 0 unspecified atom stereocenters. The summed E-state index contributed by atoms with van der Waals surface area (Å²) in [7, 11) is 0. The molecule has 0 aliphatic heterocycles. The molecule has 0 fully saturated rings. The zero-order chi connectivity index (χ0) is 33.6. The Bertz CT molecular complexity index is 2530. The average Bonchev–Trinajstić information content (AvgIpc) is 3.74. The van der Waals surface area contributed by atoms with Crippen LogP contribution in [0.4, 0.5) is 34.1 Å². The van der Waals surface area contributed by atoms with Crippen molar-refractivity contribution in [3.63, 3.8) is 0 Å². The Labute approximate surface area is 290 Å². The molecule has 4 heteroatoms. The molecule has 0 aliphatic rings. The third kappa shape index (κ3) is 5.02. The molecule has 50 heavy (non-hydrogen) atoms. The van der Waals surface area contributed by atoms with Crippen LogP contribution in [0.5, 0.6) is 0 Å². The normalized spacial score (nSPS) is 11.4. The van der Waals surface area contributed by atoms with Gasteiger partial charge in [0, 0.05) is 55.7 Å². The van der Waals surface area contributed by atoms with Crippen molar-refractivity contribution in [2.24, 2.45) is 0 Å². The van der Waals surface area contributed by atoms with Gasteiger partial charge in [-0.3, -0.25) is 0 Å². The van der Waals surface area contributed by atoms with Crippen molar-refractivity contribution < 1.29 is 8.83 Å². The molecule has 7 aromatic carbocycles. The van der Waals surface area contributed by atoms with E-state index in [0.29, 0.717) is 0 Å². The summed E-state index contributed by atoms with van der Waals surface area (Å²) in [5.41, 5.74) is 11.8. The number of fused-ring (bicyclic) bond motifs is 6. The van der Waals surface area contributed by atoms with Crippen LogP contribution in [0.1, 0.15) is 11.1 Å². The second-order valence-corrected chi connectivity index (χ2v) is 12.3. The molecule has 2 heterocycles. The van der Waals surface area contributed by atoms with Crippen LogP contribution in [0.2, 0.25) is 0 Å². The summed E-state index contributed by atoms with van der Waals surface area (Å²) in [5, 5.41) is 4.35. The van der Waals surface area contributed by atoms with Gasteiger partial charge in [-0.15, -0.1) is 0 Å². The van der Waals surface area contributed by atoms with Gasteiger partial charge < -0.3 is 18.6 Å². The predicted molar refractivity (Wildman–Crippen MR) is 211 cm³/mol. The lowest BCUT2D eigenvalue weighted by atomic mass is 10.1. The molecule has 0 N–H and O–H groups in total. The van der Waals surface area contributed by atoms with E-state index in [2.05, 4.69) is 156 Å². The summed E-state index contributed by atoms with van der Waals surface area (Å²) >= 11 is 0. The van der Waals surface area contributed by atoms with Crippen molar-refractivity contribution in [2.45, 2.75) is 0 Å². The topological polar surface area (TPSA) is 32.8 Å². The van der Waals surface area contributed by atoms with Crippen molar-refractivity contribution in [2.75, 3.05) is 9.80 Å². The maximum Gasteiger partial charge on any atom is 0.135 e. The number of benzene rings is 7. The largest absolute Gasteiger partial charge is 0.456 e. The van der Waals surface area contributed by atoms with Crippen LogP contribution in [0.25, 0.3) is 56.0 Å². The zero-order valence-electron chi connectivity index (χ0n) is 27.3. The minimum absolute atomic E-state index is 0.866. The van der Waals surface area contributed by atoms with Crippen molar-refractivity contribution in [3.05, 3.63) is 182 Å². The molecule has 0 spiro atoms. The first-order chi connectivity index (χ1) is 24.7. The highest BCUT2D eigenvalue weighted by molar-refractivity contribution is 6.07. The molecular formula is C46H32N2O2. The Morgan fingerprint density at radius 2 is 0.720 bits per heavy atom. The van der Waals surface area contributed by atoms with Crippen molar-refractivity contribution in [1.29, 1.82) is 0 Å². The first-order valence-corrected chi connectivity index (χ1v) is 16.6. The minimum atomic E-state index is 0.866. The number of hydrogen-bond acceptors (Lipinski definition) is 4. The number of nitrogens with zero attached hydrogens (tertiary/aromatic N) is 2. The van der Waals surface area contributed by atoms with E-state index in [0.717, 1.165) is 89.1 Å². The van der Waals surface area contributed by atoms with E-state index < -0.39 is 0 Å². The van der Waals surface area contributed by atoms with E-state index in [9.17, 15) is 0 Å². The molecule has 9 aromatic rings. The van der Waals surface area contributed by atoms with Gasteiger partial charge in [0.25, 0.3) is 0 Å². The molecular weight excluding hydrogens is 613 g/mol. The summed E-state index contributed by atoms with van der Waals surface area (Å²) in [6, 6.07) is 54.8. The summed E-state index contributed by atoms with van der Waals surface area (Å²) in [6.45, 7) is 8.06. The van der Waals surface area contributed by atoms with Crippen molar-refractivity contribution in [1.82, 2.24) is 0 Å². The van der Waals surface area contributed by atoms with E-state index in [4.69, 9.17) is 8.83 Å². The Hall–Kier alpha value is -6.78. The number of furan rings is 2. The zero-order valence-corrected chi connectivity index (χ0v) is 27.3. The van der Waals surface area contributed by atoms with Crippen molar-refractivity contribution >= 4 is 90.2 Å². The quantitative estimate of drug-likeness (QED) is 0.165. The summed E-state index contributed by atoms with van der Waals surface area (Å²) in [5.74, 6) is 0. The Kier molecular flexibility index (Phi) is 7.07. The first kappa shape index (κ1) is 29.4. The molecule has 0 saturated heterocycles. The second-order valence-electron chi connectivity index (χ2n) is 12.3. The highest BCUT2D eigenvalue weighted by Gasteiger charge is 2.19. The molecule has 0 aliphatic carbocycles. The van der Waals surface area contributed by atoms with Gasteiger partial charge in [0.05, 0.1) is 0 Å². The van der Waals surface area contributed by atoms with Crippen LogP contribution < -0.4 is 9.80 Å². The first-order valence-electron chi connectivity index (χ1n) is 16.6. The van der Waals surface area contributed by atoms with E-state index in [1.807, 2.05) is 36.4 Å². The highest BCUT2D eigenvalue weighted by Crippen LogP contribution is 2.42. The smallest absolute Gasteiger partial charge is 0.135 e. The van der Waals surface area contributed by atoms with Crippen molar-refractivity contribution in [3.8, 4) is 0 Å². The molecule has 0 saturated carbocycles. The molecule has 2 aromatic heterocycles. The summed E-state index contributed by atoms with van der Waals surface area (Å²) in [6.07, 6.45) is 3.76. The lowest BCUT2D eigenvalue weighted by Gasteiger charge is -2.28. The third-order valence-corrected chi connectivity index (χ3v) is 9.33. The molecule has 0 bridgehead atoms. The van der Waals surface area contributed by atoms with Gasteiger partial charge >= 0.3 is 0 Å². The number of anilines is 6. The average molecular weight is 645 g/mol. The lowest BCUT2D eigenvalue weighted by Crippen LogP contribution is -2.12. The molecule has 0 amide bonds. The second kappa shape index (κ2) is 12.0. The van der Waals surface area contributed by atoms with Gasteiger partial charge in [0.2, 0.25) is 0 Å². The number of para-hydroxylation sites is 2. The molecule has 0 atom stereocenters. The standard InChI is InChI=1S/C46H32N2O2/c1-3-31-11-9-13-35(27-31)47(37-23-25-45-41(29-37)39-15-5-7-17-43(39)49-45)33-19-21-34(22-20-33)48(36-14-10-12-32(4-2)28-36)38-24-26-46-42(30-38)40-16-6-8-18-44(40)50-46/h3-30H,1-2H2.